The number of amides is 1. The van der Waals surface area contributed by atoms with Crippen molar-refractivity contribution in [1.29, 1.82) is 0 Å². The van der Waals surface area contributed by atoms with Gasteiger partial charge in [0.25, 0.3) is 0 Å². The van der Waals surface area contributed by atoms with E-state index < -0.39 is 35.2 Å². The van der Waals surface area contributed by atoms with Gasteiger partial charge in [0.15, 0.2) is 0 Å². The number of halogens is 6. The zero-order chi connectivity index (χ0) is 60.6. The van der Waals surface area contributed by atoms with E-state index in [9.17, 15) is 31.1 Å². The minimum absolute atomic E-state index is 0.0894. The molecule has 4 aromatic heterocycles. The van der Waals surface area contributed by atoms with Crippen molar-refractivity contribution in [2.24, 2.45) is 0 Å². The molecule has 2 fully saturated rings. The third-order valence-corrected chi connectivity index (χ3v) is 14.8. The third-order valence-electron chi connectivity index (χ3n) is 14.8. The van der Waals surface area contributed by atoms with E-state index in [2.05, 4.69) is 63.9 Å². The molecule has 3 N–H and O–H groups in total. The number of aryl methyl sites for hydroxylation is 4. The molecule has 2 saturated heterocycles. The molecule has 1 amide bonds. The van der Waals surface area contributed by atoms with E-state index in [1.807, 2.05) is 85.1 Å². The molecule has 2 aliphatic rings. The molecule has 0 spiro atoms. The molecule has 21 heteroatoms. The molecular formula is C64H73F6N13O2. The molecule has 448 valence electrons. The first-order valence-corrected chi connectivity index (χ1v) is 28.7. The molecule has 2 aliphatic heterocycles. The summed E-state index contributed by atoms with van der Waals surface area (Å²) >= 11 is 0. The maximum absolute atomic E-state index is 13.3. The van der Waals surface area contributed by atoms with Gasteiger partial charge in [-0.25, -0.2) is 34.7 Å². The first kappa shape index (κ1) is 61.4. The van der Waals surface area contributed by atoms with Crippen LogP contribution in [0.25, 0.3) is 45.3 Å². The van der Waals surface area contributed by atoms with Crippen LogP contribution in [0.1, 0.15) is 105 Å². The van der Waals surface area contributed by atoms with E-state index in [0.29, 0.717) is 58.9 Å². The Morgan fingerprint density at radius 3 is 1.31 bits per heavy atom. The Kier molecular flexibility index (Phi) is 19.1. The number of hydrogen-bond donors (Lipinski definition) is 3. The number of imidazole rings is 2. The van der Waals surface area contributed by atoms with Gasteiger partial charge in [-0.3, -0.25) is 0 Å². The standard InChI is InChI=1S/C34H40F3N7O2.C30H33F3N6/c1-22-18-23(2)20-26(19-22)41-31-38-13-10-28(42-31)30-29(24-6-8-25(9-7-24)34(35,36)37)40-21-44(30)27-11-15-43(16-12-27)17-14-39-32(45)46-33(3,4)5;1-4-13-38-14-10-25(11-15-38)39-19-35-27(22-5-7-23(8-6-22)30(31,32)33)28(39)26-9-12-34-29(37-26)36-24-17-20(2)16-21(3)18-24/h6-10,13,18-21,27H,11-12,14-17H2,1-5H3,(H,39,45)(H,38,41,42);5-9,12,16-19,25H,4,10-11,13-15H2,1-3H3,(H,34,36,37). The summed E-state index contributed by atoms with van der Waals surface area (Å²) in [6.07, 6.45) is 2.37. The topological polar surface area (TPSA) is 156 Å². The number of nitrogens with zero attached hydrogens (tertiary/aromatic N) is 10. The summed E-state index contributed by atoms with van der Waals surface area (Å²) in [6, 6.07) is 26.5. The van der Waals surface area contributed by atoms with Crippen LogP contribution in [0.15, 0.2) is 122 Å². The van der Waals surface area contributed by atoms with Crippen LogP contribution in [0.2, 0.25) is 0 Å². The lowest BCUT2D eigenvalue weighted by molar-refractivity contribution is -0.138. The lowest BCUT2D eigenvalue weighted by Crippen LogP contribution is -2.41. The normalized spacial score (nSPS) is 14.8. The molecule has 0 unspecified atom stereocenters. The number of alkyl carbamates (subject to hydrolysis) is 1. The highest BCUT2D eigenvalue weighted by atomic mass is 19.4. The lowest BCUT2D eigenvalue weighted by Gasteiger charge is -2.33. The maximum Gasteiger partial charge on any atom is 0.416 e. The average molecular weight is 1170 g/mol. The number of benzene rings is 4. The Bertz CT molecular complexity index is 3500. The number of alkyl halides is 6. The van der Waals surface area contributed by atoms with Gasteiger partial charge in [0.2, 0.25) is 11.9 Å². The van der Waals surface area contributed by atoms with Gasteiger partial charge >= 0.3 is 18.4 Å². The van der Waals surface area contributed by atoms with Gasteiger partial charge in [-0.15, -0.1) is 0 Å². The zero-order valence-corrected chi connectivity index (χ0v) is 49.2. The lowest BCUT2D eigenvalue weighted by atomic mass is 10.0. The van der Waals surface area contributed by atoms with Gasteiger partial charge in [-0.1, -0.05) is 43.3 Å². The number of rotatable bonds is 15. The van der Waals surface area contributed by atoms with E-state index in [1.54, 1.807) is 24.8 Å². The third kappa shape index (κ3) is 16.2. The maximum atomic E-state index is 13.3. The SMILES string of the molecule is CCCN1CCC(n2cnc(-c3ccc(C(F)(F)F)cc3)c2-c2ccnc(Nc3cc(C)cc(C)c3)n2)CC1.Cc1cc(C)cc(Nc2nccc(-c3c(-c4ccc(C(F)(F)F)cc4)ncn3C3CCN(CCNC(=O)OC(C)(C)C)CC3)n2)c1. The molecule has 4 aromatic carbocycles. The predicted molar refractivity (Wildman–Crippen MR) is 320 cm³/mol. The number of aromatic nitrogens is 8. The van der Waals surface area contributed by atoms with Crippen molar-refractivity contribution in [1.82, 2.24) is 54.2 Å². The van der Waals surface area contributed by atoms with Crippen LogP contribution in [-0.2, 0) is 17.1 Å². The summed E-state index contributed by atoms with van der Waals surface area (Å²) < 4.78 is 89.2. The first-order valence-electron chi connectivity index (χ1n) is 28.7. The molecule has 0 atom stereocenters. The van der Waals surface area contributed by atoms with Crippen molar-refractivity contribution in [2.75, 3.05) is 56.4 Å². The number of nitrogens with one attached hydrogen (secondary N) is 3. The molecule has 15 nitrogen and oxygen atoms in total. The second kappa shape index (κ2) is 26.4. The van der Waals surface area contributed by atoms with Crippen LogP contribution < -0.4 is 16.0 Å². The summed E-state index contributed by atoms with van der Waals surface area (Å²) in [5.41, 5.74) is 9.39. The molecule has 10 rings (SSSR count). The number of piperidine rings is 2. The van der Waals surface area contributed by atoms with Gasteiger partial charge in [-0.2, -0.15) is 26.3 Å². The zero-order valence-electron chi connectivity index (χ0n) is 49.2. The minimum atomic E-state index is -4.43. The van der Waals surface area contributed by atoms with Crippen LogP contribution in [0.3, 0.4) is 0 Å². The van der Waals surface area contributed by atoms with Gasteiger partial charge < -0.3 is 39.6 Å². The molecule has 85 heavy (non-hydrogen) atoms. The molecule has 0 aliphatic carbocycles. The van der Waals surface area contributed by atoms with Crippen LogP contribution in [-0.4, -0.2) is 106 Å². The molecule has 6 heterocycles. The molecular weight excluding hydrogens is 1100 g/mol. The molecule has 8 aromatic rings. The van der Waals surface area contributed by atoms with Crippen LogP contribution in [0.5, 0.6) is 0 Å². The average Bonchev–Trinajstić information content (AvgIpc) is 2.25. The van der Waals surface area contributed by atoms with Gasteiger partial charge in [0, 0.05) is 86.2 Å². The Morgan fingerprint density at radius 1 is 0.553 bits per heavy atom. The summed E-state index contributed by atoms with van der Waals surface area (Å²) in [6.45, 7) is 21.6. The highest BCUT2D eigenvalue weighted by Gasteiger charge is 2.33. The van der Waals surface area contributed by atoms with E-state index >= 15 is 0 Å². The highest BCUT2D eigenvalue weighted by molar-refractivity contribution is 5.79. The van der Waals surface area contributed by atoms with Crippen LogP contribution in [0, 0.1) is 27.7 Å². The molecule has 0 bridgehead atoms. The van der Waals surface area contributed by atoms with E-state index in [4.69, 9.17) is 24.7 Å². The number of ether oxygens (including phenoxy) is 1. The molecule has 0 saturated carbocycles. The molecule has 0 radical (unpaired) electrons. The summed E-state index contributed by atoms with van der Waals surface area (Å²) in [4.78, 5) is 44.7. The van der Waals surface area contributed by atoms with Gasteiger partial charge in [-0.05, 0) is 170 Å². The Morgan fingerprint density at radius 2 is 0.941 bits per heavy atom. The van der Waals surface area contributed by atoms with E-state index in [1.165, 1.54) is 24.3 Å². The van der Waals surface area contributed by atoms with Crippen LogP contribution in [0.4, 0.5) is 54.4 Å². The van der Waals surface area contributed by atoms with Crippen LogP contribution >= 0.6 is 0 Å². The van der Waals surface area contributed by atoms with Crippen molar-refractivity contribution in [2.45, 2.75) is 118 Å². The van der Waals surface area contributed by atoms with Gasteiger partial charge in [0.05, 0.1) is 57.9 Å². The Hall–Kier alpha value is -8.17. The fourth-order valence-corrected chi connectivity index (χ4v) is 11.1. The first-order chi connectivity index (χ1) is 40.5. The summed E-state index contributed by atoms with van der Waals surface area (Å²) in [7, 11) is 0. The largest absolute Gasteiger partial charge is 0.444 e. The van der Waals surface area contributed by atoms with Crippen molar-refractivity contribution < 1.29 is 35.9 Å². The van der Waals surface area contributed by atoms with Crippen molar-refractivity contribution in [3.63, 3.8) is 0 Å². The second-order valence-electron chi connectivity index (χ2n) is 23.0. The highest BCUT2D eigenvalue weighted by Crippen LogP contribution is 2.40. The smallest absolute Gasteiger partial charge is 0.416 e. The Balaban J connectivity index is 0.000000206. The number of hydrogen-bond acceptors (Lipinski definition) is 12. The quantitative estimate of drug-likeness (QED) is 0.0837. The fraction of sp³-hybridized carbons (Fsp3) is 0.391. The summed E-state index contributed by atoms with van der Waals surface area (Å²) in [5.74, 6) is 0.849. The van der Waals surface area contributed by atoms with Gasteiger partial charge in [0.1, 0.15) is 5.60 Å². The number of carbonyl (C=O) groups excluding carboxylic acids is 1. The number of carbonyl (C=O) groups is 1. The van der Waals surface area contributed by atoms with E-state index in [-0.39, 0.29) is 12.1 Å². The van der Waals surface area contributed by atoms with Crippen molar-refractivity contribution in [3.05, 3.63) is 155 Å². The minimum Gasteiger partial charge on any atom is -0.444 e. The van der Waals surface area contributed by atoms with E-state index in [0.717, 1.165) is 134 Å². The summed E-state index contributed by atoms with van der Waals surface area (Å²) in [5, 5.41) is 9.41. The Labute approximate surface area is 492 Å². The second-order valence-corrected chi connectivity index (χ2v) is 23.0. The number of likely N-dealkylation sites (tertiary alicyclic amines) is 2. The van der Waals surface area contributed by atoms with Crippen molar-refractivity contribution in [3.8, 4) is 45.3 Å². The fourth-order valence-electron chi connectivity index (χ4n) is 11.1. The predicted octanol–water partition coefficient (Wildman–Crippen LogP) is 15.0. The monoisotopic (exact) mass is 1170 g/mol. The van der Waals surface area contributed by atoms with Crippen molar-refractivity contribution >= 4 is 29.4 Å². The number of anilines is 4.